The summed E-state index contributed by atoms with van der Waals surface area (Å²) >= 11 is 0. The zero-order valence-corrected chi connectivity index (χ0v) is 5.78. The Morgan fingerprint density at radius 1 is 1.45 bits per heavy atom. The summed E-state index contributed by atoms with van der Waals surface area (Å²) in [5.74, 6) is 0. The number of nitriles is 1. The Bertz CT molecular complexity index is 387. The first-order valence-corrected chi connectivity index (χ1v) is 3.29. The molecule has 0 fully saturated rings. The SMILES string of the molecule is N#Cc1[c]c2ccccn2c1. The molecule has 2 heteroatoms. The third-order valence-electron chi connectivity index (χ3n) is 1.54. The van der Waals surface area contributed by atoms with Gasteiger partial charge in [0.25, 0.3) is 0 Å². The van der Waals surface area contributed by atoms with Gasteiger partial charge >= 0.3 is 0 Å². The third-order valence-corrected chi connectivity index (χ3v) is 1.54. The second-order valence-electron chi connectivity index (χ2n) is 2.27. The van der Waals surface area contributed by atoms with Gasteiger partial charge in [0.2, 0.25) is 0 Å². The molecule has 0 aliphatic heterocycles. The summed E-state index contributed by atoms with van der Waals surface area (Å²) in [6.07, 6.45) is 3.65. The van der Waals surface area contributed by atoms with Crippen LogP contribution in [0.5, 0.6) is 0 Å². The third kappa shape index (κ3) is 0.870. The van der Waals surface area contributed by atoms with Gasteiger partial charge in [0.1, 0.15) is 6.07 Å². The van der Waals surface area contributed by atoms with Crippen molar-refractivity contribution >= 4 is 5.52 Å². The molecular weight excluding hydrogens is 136 g/mol. The Labute approximate surface area is 64.3 Å². The predicted octanol–water partition coefficient (Wildman–Crippen LogP) is 1.61. The average Bonchev–Trinajstić information content (AvgIpc) is 2.46. The lowest BCUT2D eigenvalue weighted by atomic mass is 10.3. The number of hydrogen-bond donors (Lipinski definition) is 0. The molecule has 0 amide bonds. The van der Waals surface area contributed by atoms with Gasteiger partial charge < -0.3 is 4.40 Å². The Hall–Kier alpha value is -1.75. The van der Waals surface area contributed by atoms with Gasteiger partial charge in [0.05, 0.1) is 11.1 Å². The van der Waals surface area contributed by atoms with Crippen LogP contribution in [-0.4, -0.2) is 4.40 Å². The molecule has 51 valence electrons. The number of fused-ring (bicyclic) bond motifs is 1. The van der Waals surface area contributed by atoms with Crippen LogP contribution in [0.2, 0.25) is 0 Å². The van der Waals surface area contributed by atoms with E-state index in [0.717, 1.165) is 5.52 Å². The summed E-state index contributed by atoms with van der Waals surface area (Å²) in [4.78, 5) is 0. The lowest BCUT2D eigenvalue weighted by molar-refractivity contribution is 1.20. The molecule has 2 aromatic heterocycles. The van der Waals surface area contributed by atoms with Gasteiger partial charge in [-0.3, -0.25) is 0 Å². The van der Waals surface area contributed by atoms with Crippen LogP contribution in [-0.2, 0) is 0 Å². The highest BCUT2D eigenvalue weighted by Crippen LogP contribution is 2.06. The normalized spacial score (nSPS) is 9.73. The molecule has 0 spiro atoms. The molecule has 0 atom stereocenters. The Morgan fingerprint density at radius 2 is 2.36 bits per heavy atom. The molecule has 0 saturated heterocycles. The summed E-state index contributed by atoms with van der Waals surface area (Å²) in [6, 6.07) is 10.7. The van der Waals surface area contributed by atoms with Crippen molar-refractivity contribution < 1.29 is 0 Å². The van der Waals surface area contributed by atoms with Crippen molar-refractivity contribution in [3.05, 3.63) is 42.2 Å². The molecule has 2 nitrogen and oxygen atoms in total. The number of pyridine rings is 1. The van der Waals surface area contributed by atoms with E-state index < -0.39 is 0 Å². The summed E-state index contributed by atoms with van der Waals surface area (Å²) in [7, 11) is 0. The van der Waals surface area contributed by atoms with Crippen molar-refractivity contribution in [1.29, 1.82) is 5.26 Å². The van der Waals surface area contributed by atoms with Crippen molar-refractivity contribution in [2.45, 2.75) is 0 Å². The fourth-order valence-corrected chi connectivity index (χ4v) is 1.04. The van der Waals surface area contributed by atoms with Crippen LogP contribution in [0.25, 0.3) is 5.52 Å². The monoisotopic (exact) mass is 141 g/mol. The highest BCUT2D eigenvalue weighted by Gasteiger charge is 1.95. The minimum absolute atomic E-state index is 0.580. The molecule has 0 aliphatic rings. The second-order valence-corrected chi connectivity index (χ2v) is 2.27. The van der Waals surface area contributed by atoms with Crippen LogP contribution in [0.15, 0.2) is 30.6 Å². The number of rotatable bonds is 0. The van der Waals surface area contributed by atoms with Crippen LogP contribution < -0.4 is 0 Å². The summed E-state index contributed by atoms with van der Waals surface area (Å²) < 4.78 is 1.87. The van der Waals surface area contributed by atoms with E-state index in [9.17, 15) is 0 Å². The van der Waals surface area contributed by atoms with Gasteiger partial charge in [-0.05, 0) is 12.1 Å². The average molecular weight is 141 g/mol. The molecule has 0 saturated carbocycles. The van der Waals surface area contributed by atoms with Crippen LogP contribution in [0.3, 0.4) is 0 Å². The first kappa shape index (κ1) is 5.99. The molecule has 2 aromatic rings. The molecule has 0 N–H and O–H groups in total. The molecule has 0 unspecified atom stereocenters. The van der Waals surface area contributed by atoms with E-state index in [-0.39, 0.29) is 0 Å². The molecule has 2 rings (SSSR count). The minimum Gasteiger partial charge on any atom is -0.322 e. The minimum atomic E-state index is 0.580. The standard InChI is InChI=1S/C9H5N2/c10-6-8-5-9-3-1-2-4-11(9)7-8/h1-4,7H. The van der Waals surface area contributed by atoms with Crippen LogP contribution in [0.4, 0.5) is 0 Å². The molecule has 0 bridgehead atoms. The lowest BCUT2D eigenvalue weighted by Crippen LogP contribution is -1.76. The molecule has 2 heterocycles. The number of hydrogen-bond acceptors (Lipinski definition) is 1. The van der Waals surface area contributed by atoms with E-state index in [1.54, 1.807) is 6.20 Å². The highest BCUT2D eigenvalue weighted by atomic mass is 14.8. The molecule has 0 aliphatic carbocycles. The van der Waals surface area contributed by atoms with Crippen molar-refractivity contribution in [3.8, 4) is 6.07 Å². The zero-order chi connectivity index (χ0) is 7.68. The number of aromatic nitrogens is 1. The topological polar surface area (TPSA) is 28.2 Å². The summed E-state index contributed by atoms with van der Waals surface area (Å²) in [6.45, 7) is 0. The molecule has 0 aromatic carbocycles. The smallest absolute Gasteiger partial charge is 0.101 e. The molecular formula is C9H5N2. The fraction of sp³-hybridized carbons (Fsp3) is 0. The Kier molecular flexibility index (Phi) is 1.16. The van der Waals surface area contributed by atoms with Crippen LogP contribution >= 0.6 is 0 Å². The van der Waals surface area contributed by atoms with Crippen LogP contribution in [0.1, 0.15) is 5.56 Å². The number of nitrogens with zero attached hydrogens (tertiary/aromatic N) is 2. The van der Waals surface area contributed by atoms with Gasteiger partial charge in [0.15, 0.2) is 0 Å². The van der Waals surface area contributed by atoms with Crippen LogP contribution in [0, 0.1) is 17.4 Å². The summed E-state index contributed by atoms with van der Waals surface area (Å²) in [5.41, 5.74) is 1.51. The van der Waals surface area contributed by atoms with Crippen molar-refractivity contribution in [2.75, 3.05) is 0 Å². The quantitative estimate of drug-likeness (QED) is 0.547. The van der Waals surface area contributed by atoms with Gasteiger partial charge in [-0.1, -0.05) is 6.07 Å². The van der Waals surface area contributed by atoms with Gasteiger partial charge in [-0.2, -0.15) is 5.26 Å². The largest absolute Gasteiger partial charge is 0.322 e. The fourth-order valence-electron chi connectivity index (χ4n) is 1.04. The van der Waals surface area contributed by atoms with Crippen molar-refractivity contribution in [3.63, 3.8) is 0 Å². The maximum atomic E-state index is 8.54. The first-order chi connectivity index (χ1) is 5.40. The molecule has 1 radical (unpaired) electrons. The second kappa shape index (κ2) is 2.14. The molecule has 11 heavy (non-hydrogen) atoms. The van der Waals surface area contributed by atoms with E-state index in [4.69, 9.17) is 5.26 Å². The Balaban J connectivity index is 2.81. The summed E-state index contributed by atoms with van der Waals surface area (Å²) in [5, 5.41) is 8.54. The van der Waals surface area contributed by atoms with E-state index in [1.165, 1.54) is 0 Å². The van der Waals surface area contributed by atoms with Gasteiger partial charge in [-0.25, -0.2) is 0 Å². The van der Waals surface area contributed by atoms with E-state index in [1.807, 2.05) is 34.9 Å². The van der Waals surface area contributed by atoms with Crippen molar-refractivity contribution in [1.82, 2.24) is 4.40 Å². The van der Waals surface area contributed by atoms with Crippen molar-refractivity contribution in [2.24, 2.45) is 0 Å². The highest BCUT2D eigenvalue weighted by molar-refractivity contribution is 5.51. The zero-order valence-electron chi connectivity index (χ0n) is 5.78. The van der Waals surface area contributed by atoms with Gasteiger partial charge in [-0.15, -0.1) is 0 Å². The van der Waals surface area contributed by atoms with E-state index in [2.05, 4.69) is 6.07 Å². The maximum Gasteiger partial charge on any atom is 0.101 e. The Morgan fingerprint density at radius 3 is 3.09 bits per heavy atom. The van der Waals surface area contributed by atoms with Gasteiger partial charge in [0, 0.05) is 18.5 Å². The van der Waals surface area contributed by atoms with E-state index >= 15 is 0 Å². The maximum absolute atomic E-state index is 8.54. The predicted molar refractivity (Wildman–Crippen MR) is 40.9 cm³/mol. The first-order valence-electron chi connectivity index (χ1n) is 3.29. The lowest BCUT2D eigenvalue weighted by Gasteiger charge is -1.88. The van der Waals surface area contributed by atoms with E-state index in [0.29, 0.717) is 5.56 Å².